The van der Waals surface area contributed by atoms with Crippen molar-refractivity contribution in [2.75, 3.05) is 0 Å². The third-order valence-corrected chi connectivity index (χ3v) is 3.12. The van der Waals surface area contributed by atoms with Crippen molar-refractivity contribution >= 4 is 11.8 Å². The number of carboxylic acids is 1. The number of fused-ring (bicyclic) bond motifs is 1. The molecule has 0 aliphatic heterocycles. The van der Waals surface area contributed by atoms with E-state index in [1.54, 1.807) is 4.68 Å². The topological polar surface area (TPSA) is 72.2 Å². The number of aryl methyl sites for hydroxylation is 1. The molecule has 0 spiro atoms. The van der Waals surface area contributed by atoms with Crippen molar-refractivity contribution in [3.8, 4) is 0 Å². The molecule has 1 heterocycles. The van der Waals surface area contributed by atoms with Gasteiger partial charge in [0.05, 0.1) is 11.3 Å². The summed E-state index contributed by atoms with van der Waals surface area (Å²) in [4.78, 5) is 23.1. The molecule has 1 N–H and O–H groups in total. The minimum atomic E-state index is -1.12. The zero-order chi connectivity index (χ0) is 12.8. The molecule has 1 aromatic heterocycles. The maximum Gasteiger partial charge on any atom is 0.357 e. The Bertz CT molecular complexity index is 500. The molecule has 0 saturated carbocycles. The minimum absolute atomic E-state index is 0.0950. The quantitative estimate of drug-likeness (QED) is 0.849. The zero-order valence-electron chi connectivity index (χ0n) is 10.3. The number of hydrogen-bond donors (Lipinski definition) is 1. The van der Waals surface area contributed by atoms with E-state index in [1.807, 2.05) is 20.8 Å². The highest BCUT2D eigenvalue weighted by molar-refractivity contribution is 6.06. The lowest BCUT2D eigenvalue weighted by Gasteiger charge is -2.28. The van der Waals surface area contributed by atoms with Crippen molar-refractivity contribution in [3.63, 3.8) is 0 Å². The lowest BCUT2D eigenvalue weighted by atomic mass is 9.75. The Morgan fingerprint density at radius 2 is 2.12 bits per heavy atom. The number of Topliss-reactive ketones (excluding diaryl/α,β-unsaturated/α-hetero) is 1. The number of aromatic carboxylic acids is 1. The van der Waals surface area contributed by atoms with Crippen LogP contribution in [0.3, 0.4) is 0 Å². The Kier molecular flexibility index (Phi) is 2.56. The molecule has 0 amide bonds. The van der Waals surface area contributed by atoms with Crippen LogP contribution in [-0.2, 0) is 13.0 Å². The van der Waals surface area contributed by atoms with E-state index in [1.165, 1.54) is 0 Å². The van der Waals surface area contributed by atoms with Gasteiger partial charge in [-0.2, -0.15) is 5.10 Å². The van der Waals surface area contributed by atoms with E-state index in [9.17, 15) is 9.59 Å². The fraction of sp³-hybridized carbons (Fsp3) is 0.583. The van der Waals surface area contributed by atoms with Gasteiger partial charge in [-0.3, -0.25) is 9.48 Å². The molecular formula is C12H16N2O3. The van der Waals surface area contributed by atoms with Crippen molar-refractivity contribution in [1.29, 1.82) is 0 Å². The number of ketones is 1. The molecule has 92 valence electrons. The lowest BCUT2D eigenvalue weighted by molar-refractivity contribution is 0.0682. The van der Waals surface area contributed by atoms with E-state index in [0.717, 1.165) is 5.69 Å². The van der Waals surface area contributed by atoms with Crippen LogP contribution in [0.25, 0.3) is 0 Å². The van der Waals surface area contributed by atoms with Gasteiger partial charge in [0.2, 0.25) is 0 Å². The first-order chi connectivity index (χ1) is 7.85. The highest BCUT2D eigenvalue weighted by Gasteiger charge is 2.37. The van der Waals surface area contributed by atoms with Gasteiger partial charge in [0, 0.05) is 13.0 Å². The zero-order valence-corrected chi connectivity index (χ0v) is 10.3. The molecule has 5 heteroatoms. The van der Waals surface area contributed by atoms with Crippen LogP contribution in [0.1, 0.15) is 53.7 Å². The van der Waals surface area contributed by atoms with E-state index in [0.29, 0.717) is 24.9 Å². The molecule has 1 aromatic rings. The SMILES string of the molecule is CCn1nc(C(=O)O)c2c1CC(C)(C)CC2=O. The van der Waals surface area contributed by atoms with E-state index in [2.05, 4.69) is 5.10 Å². The van der Waals surface area contributed by atoms with Crippen LogP contribution in [0, 0.1) is 5.41 Å². The van der Waals surface area contributed by atoms with E-state index >= 15 is 0 Å². The summed E-state index contributed by atoms with van der Waals surface area (Å²) in [5, 5.41) is 13.1. The molecule has 1 aliphatic carbocycles. The van der Waals surface area contributed by atoms with E-state index in [4.69, 9.17) is 5.11 Å². The Balaban J connectivity index is 2.63. The van der Waals surface area contributed by atoms with Gasteiger partial charge in [-0.25, -0.2) is 4.79 Å². The normalized spacial score (nSPS) is 17.9. The number of carbonyl (C=O) groups excluding carboxylic acids is 1. The van der Waals surface area contributed by atoms with Gasteiger partial charge >= 0.3 is 5.97 Å². The van der Waals surface area contributed by atoms with E-state index < -0.39 is 5.97 Å². The van der Waals surface area contributed by atoms with Crippen LogP contribution in [0.2, 0.25) is 0 Å². The molecule has 0 fully saturated rings. The number of carbonyl (C=O) groups is 2. The monoisotopic (exact) mass is 236 g/mol. The third kappa shape index (κ3) is 1.85. The van der Waals surface area contributed by atoms with Gasteiger partial charge in [0.1, 0.15) is 0 Å². The molecule has 0 bridgehead atoms. The Hall–Kier alpha value is -1.65. The molecule has 0 aromatic carbocycles. The first kappa shape index (κ1) is 11.8. The highest BCUT2D eigenvalue weighted by atomic mass is 16.4. The summed E-state index contributed by atoms with van der Waals surface area (Å²) in [6, 6.07) is 0. The van der Waals surface area contributed by atoms with Gasteiger partial charge in [-0.05, 0) is 18.8 Å². The maximum absolute atomic E-state index is 12.0. The fourth-order valence-corrected chi connectivity index (χ4v) is 2.42. The second kappa shape index (κ2) is 3.68. The predicted molar refractivity (Wildman–Crippen MR) is 61.3 cm³/mol. The smallest absolute Gasteiger partial charge is 0.357 e. The number of aromatic nitrogens is 2. The minimum Gasteiger partial charge on any atom is -0.476 e. The molecule has 17 heavy (non-hydrogen) atoms. The summed E-state index contributed by atoms with van der Waals surface area (Å²) < 4.78 is 1.64. The van der Waals surface area contributed by atoms with Crippen LogP contribution in [0.5, 0.6) is 0 Å². The fourth-order valence-electron chi connectivity index (χ4n) is 2.42. The van der Waals surface area contributed by atoms with Gasteiger partial charge < -0.3 is 5.11 Å². The van der Waals surface area contributed by atoms with Gasteiger partial charge in [-0.15, -0.1) is 0 Å². The molecule has 2 rings (SSSR count). The molecule has 0 unspecified atom stereocenters. The number of nitrogens with zero attached hydrogens (tertiary/aromatic N) is 2. The maximum atomic E-state index is 12.0. The third-order valence-electron chi connectivity index (χ3n) is 3.12. The standard InChI is InChI=1S/C12H16N2O3/c1-4-14-7-5-12(2,3)6-8(15)9(7)10(13-14)11(16)17/h4-6H2,1-3H3,(H,16,17). The summed E-state index contributed by atoms with van der Waals surface area (Å²) >= 11 is 0. The first-order valence-corrected chi connectivity index (χ1v) is 5.72. The Labute approximate surface area is 99.4 Å². The predicted octanol–water partition coefficient (Wildman–Crippen LogP) is 1.76. The number of hydrogen-bond acceptors (Lipinski definition) is 3. The summed E-state index contributed by atoms with van der Waals surface area (Å²) in [5.41, 5.74) is 0.875. The van der Waals surface area contributed by atoms with Crippen molar-refractivity contribution < 1.29 is 14.7 Å². The van der Waals surface area contributed by atoms with Gasteiger partial charge in [0.15, 0.2) is 11.5 Å². The molecule has 0 radical (unpaired) electrons. The molecule has 0 atom stereocenters. The molecule has 0 saturated heterocycles. The second-order valence-electron chi connectivity index (χ2n) is 5.23. The Morgan fingerprint density at radius 3 is 2.65 bits per heavy atom. The van der Waals surface area contributed by atoms with E-state index in [-0.39, 0.29) is 16.9 Å². The summed E-state index contributed by atoms with van der Waals surface area (Å²) in [6.45, 7) is 6.51. The van der Waals surface area contributed by atoms with Crippen LogP contribution in [-0.4, -0.2) is 26.6 Å². The lowest BCUT2D eigenvalue weighted by Crippen LogP contribution is -2.28. The van der Waals surface area contributed by atoms with Crippen molar-refractivity contribution in [2.24, 2.45) is 5.41 Å². The largest absolute Gasteiger partial charge is 0.476 e. The Morgan fingerprint density at radius 1 is 1.47 bits per heavy atom. The molecule has 1 aliphatic rings. The summed E-state index contributed by atoms with van der Waals surface area (Å²) in [6.07, 6.45) is 1.08. The molecule has 5 nitrogen and oxygen atoms in total. The number of carboxylic acid groups (broad SMARTS) is 1. The van der Waals surface area contributed by atoms with Crippen LogP contribution >= 0.6 is 0 Å². The molecular weight excluding hydrogens is 220 g/mol. The first-order valence-electron chi connectivity index (χ1n) is 5.72. The van der Waals surface area contributed by atoms with Crippen molar-refractivity contribution in [2.45, 2.75) is 40.2 Å². The highest BCUT2D eigenvalue weighted by Crippen LogP contribution is 2.36. The van der Waals surface area contributed by atoms with Crippen LogP contribution < -0.4 is 0 Å². The second-order valence-corrected chi connectivity index (χ2v) is 5.23. The van der Waals surface area contributed by atoms with Crippen molar-refractivity contribution in [1.82, 2.24) is 9.78 Å². The van der Waals surface area contributed by atoms with Gasteiger partial charge in [0.25, 0.3) is 0 Å². The average molecular weight is 236 g/mol. The van der Waals surface area contributed by atoms with Crippen LogP contribution in [0.15, 0.2) is 0 Å². The van der Waals surface area contributed by atoms with Crippen LogP contribution in [0.4, 0.5) is 0 Å². The average Bonchev–Trinajstić information content (AvgIpc) is 2.54. The summed E-state index contributed by atoms with van der Waals surface area (Å²) in [7, 11) is 0. The number of rotatable bonds is 2. The van der Waals surface area contributed by atoms with Crippen molar-refractivity contribution in [3.05, 3.63) is 17.0 Å². The summed E-state index contributed by atoms with van der Waals surface area (Å²) in [5.74, 6) is -1.23. The van der Waals surface area contributed by atoms with Gasteiger partial charge in [-0.1, -0.05) is 13.8 Å².